The molecule has 4 rings (SSSR count). The summed E-state index contributed by atoms with van der Waals surface area (Å²) in [4.78, 5) is 4.40. The monoisotopic (exact) mass is 432 g/mol. The molecule has 7 nitrogen and oxygen atoms in total. The van der Waals surface area contributed by atoms with Crippen molar-refractivity contribution in [3.8, 4) is 28.5 Å². The van der Waals surface area contributed by atoms with Gasteiger partial charge in [-0.25, -0.2) is 4.98 Å². The van der Waals surface area contributed by atoms with Gasteiger partial charge in [0.2, 0.25) is 0 Å². The minimum absolute atomic E-state index is 0. The Balaban J connectivity index is 0.00000256. The highest BCUT2D eigenvalue weighted by Gasteiger charge is 2.20. The molecule has 3 heterocycles. The van der Waals surface area contributed by atoms with Crippen molar-refractivity contribution >= 4 is 12.4 Å². The van der Waals surface area contributed by atoms with E-state index in [2.05, 4.69) is 41.9 Å². The summed E-state index contributed by atoms with van der Waals surface area (Å²) in [6, 6.07) is 4.08. The minimum Gasteiger partial charge on any atom is -0.496 e. The molecule has 162 valence electrons. The van der Waals surface area contributed by atoms with Crippen LogP contribution in [0.2, 0.25) is 0 Å². The van der Waals surface area contributed by atoms with Crippen LogP contribution in [0.3, 0.4) is 0 Å². The Morgan fingerprint density at radius 2 is 1.83 bits per heavy atom. The van der Waals surface area contributed by atoms with E-state index in [0.29, 0.717) is 13.2 Å². The normalized spacial score (nSPS) is 14.0. The Morgan fingerprint density at radius 3 is 2.47 bits per heavy atom. The van der Waals surface area contributed by atoms with E-state index in [1.54, 1.807) is 7.11 Å². The van der Waals surface area contributed by atoms with Crippen molar-refractivity contribution in [3.05, 3.63) is 41.6 Å². The average molecular weight is 433 g/mol. The lowest BCUT2D eigenvalue weighted by molar-refractivity contribution is 0.296. The molecule has 2 aromatic heterocycles. The molecule has 1 atom stereocenters. The molecule has 0 saturated heterocycles. The maximum atomic E-state index is 5.88. The lowest BCUT2D eigenvalue weighted by Gasteiger charge is -2.19. The maximum absolute atomic E-state index is 5.88. The topological polar surface area (TPSA) is 63.3 Å². The molecule has 0 bridgehead atoms. The summed E-state index contributed by atoms with van der Waals surface area (Å²) in [6.07, 6.45) is 4.58. The van der Waals surface area contributed by atoms with Crippen LogP contribution in [0.1, 0.15) is 36.3 Å². The Labute approximate surface area is 183 Å². The van der Waals surface area contributed by atoms with Gasteiger partial charge in [-0.05, 0) is 39.3 Å². The van der Waals surface area contributed by atoms with Crippen molar-refractivity contribution in [1.82, 2.24) is 19.3 Å². The molecule has 0 spiro atoms. The zero-order valence-corrected chi connectivity index (χ0v) is 19.0. The van der Waals surface area contributed by atoms with Crippen LogP contribution in [0.4, 0.5) is 0 Å². The highest BCUT2D eigenvalue weighted by atomic mass is 35.5. The summed E-state index contributed by atoms with van der Waals surface area (Å²) < 4.78 is 21.6. The van der Waals surface area contributed by atoms with E-state index in [1.807, 2.05) is 24.7 Å². The molecule has 1 aliphatic heterocycles. The van der Waals surface area contributed by atoms with E-state index in [-0.39, 0.29) is 18.4 Å². The van der Waals surface area contributed by atoms with Gasteiger partial charge in [0.25, 0.3) is 0 Å². The molecule has 0 saturated carbocycles. The molecule has 0 amide bonds. The number of hydrogen-bond acceptors (Lipinski definition) is 5. The quantitative estimate of drug-likeness (QED) is 0.592. The fourth-order valence-corrected chi connectivity index (χ4v) is 3.79. The zero-order valence-electron chi connectivity index (χ0n) is 18.1. The molecule has 0 fully saturated rings. The fourth-order valence-electron chi connectivity index (χ4n) is 3.79. The molecule has 0 N–H and O–H groups in total. The Morgan fingerprint density at radius 1 is 1.13 bits per heavy atom. The van der Waals surface area contributed by atoms with Crippen LogP contribution in [0.25, 0.3) is 11.3 Å². The smallest absolute Gasteiger partial charge is 0.164 e. The van der Waals surface area contributed by atoms with Crippen LogP contribution in [0.5, 0.6) is 17.2 Å². The number of fused-ring (bicyclic) bond motifs is 1. The van der Waals surface area contributed by atoms with Crippen molar-refractivity contribution in [2.45, 2.75) is 46.7 Å². The summed E-state index contributed by atoms with van der Waals surface area (Å²) in [7, 11) is 1.67. The van der Waals surface area contributed by atoms with E-state index in [4.69, 9.17) is 19.3 Å². The van der Waals surface area contributed by atoms with Gasteiger partial charge in [-0.1, -0.05) is 0 Å². The number of rotatable bonds is 5. The molecule has 1 aromatic carbocycles. The molecular weight excluding hydrogens is 404 g/mol. The number of methoxy groups -OCH3 is 1. The van der Waals surface area contributed by atoms with Crippen LogP contribution < -0.4 is 14.2 Å². The SMILES string of the molecule is COc1cc2c(cc1-c1cncn1CC(C)n1nc(C)c(C)c1C)OCCCO2.Cl. The predicted molar refractivity (Wildman–Crippen MR) is 118 cm³/mol. The first-order valence-corrected chi connectivity index (χ1v) is 10.00. The van der Waals surface area contributed by atoms with Gasteiger partial charge in [0, 0.05) is 30.3 Å². The third-order valence-corrected chi connectivity index (χ3v) is 5.62. The van der Waals surface area contributed by atoms with Crippen molar-refractivity contribution < 1.29 is 14.2 Å². The summed E-state index contributed by atoms with van der Waals surface area (Å²) in [5.41, 5.74) is 5.43. The van der Waals surface area contributed by atoms with Gasteiger partial charge in [-0.15, -0.1) is 12.4 Å². The van der Waals surface area contributed by atoms with Crippen LogP contribution in [-0.4, -0.2) is 39.7 Å². The van der Waals surface area contributed by atoms with Gasteiger partial charge in [0.05, 0.1) is 50.3 Å². The standard InChI is InChI=1S/C22H28N4O3.ClH/c1-14(26-17(4)15(2)16(3)24-26)12-25-13-23-11-19(25)18-9-21-22(10-20(18)27-5)29-8-6-7-28-21;/h9-11,13-14H,6-8,12H2,1-5H3;1H. The average Bonchev–Trinajstić information content (AvgIpc) is 3.17. The second kappa shape index (κ2) is 9.00. The molecule has 0 aliphatic carbocycles. The number of benzene rings is 1. The summed E-state index contributed by atoms with van der Waals surface area (Å²) in [5.74, 6) is 2.21. The van der Waals surface area contributed by atoms with E-state index >= 15 is 0 Å². The highest BCUT2D eigenvalue weighted by Crippen LogP contribution is 2.41. The first-order valence-electron chi connectivity index (χ1n) is 10.00. The zero-order chi connectivity index (χ0) is 20.5. The van der Waals surface area contributed by atoms with E-state index < -0.39 is 0 Å². The molecule has 1 unspecified atom stereocenters. The number of ether oxygens (including phenoxy) is 3. The summed E-state index contributed by atoms with van der Waals surface area (Å²) in [5, 5.41) is 4.72. The lowest BCUT2D eigenvalue weighted by atomic mass is 10.1. The third-order valence-electron chi connectivity index (χ3n) is 5.62. The van der Waals surface area contributed by atoms with Crippen LogP contribution in [-0.2, 0) is 6.54 Å². The van der Waals surface area contributed by atoms with Crippen molar-refractivity contribution in [3.63, 3.8) is 0 Å². The van der Waals surface area contributed by atoms with Gasteiger partial charge < -0.3 is 18.8 Å². The molecular formula is C22H29ClN4O3. The van der Waals surface area contributed by atoms with Gasteiger partial charge in [-0.2, -0.15) is 5.10 Å². The number of aromatic nitrogens is 4. The number of nitrogens with zero attached hydrogens (tertiary/aromatic N) is 4. The van der Waals surface area contributed by atoms with Crippen molar-refractivity contribution in [2.75, 3.05) is 20.3 Å². The number of hydrogen-bond donors (Lipinski definition) is 0. The fraction of sp³-hybridized carbons (Fsp3) is 0.455. The van der Waals surface area contributed by atoms with Gasteiger partial charge in [-0.3, -0.25) is 4.68 Å². The summed E-state index contributed by atoms with van der Waals surface area (Å²) in [6.45, 7) is 10.5. The Hall–Kier alpha value is -2.67. The van der Waals surface area contributed by atoms with Crippen LogP contribution in [0.15, 0.2) is 24.7 Å². The van der Waals surface area contributed by atoms with E-state index in [1.165, 1.54) is 11.3 Å². The Bertz CT molecular complexity index is 1030. The van der Waals surface area contributed by atoms with Gasteiger partial charge in [0.1, 0.15) is 5.75 Å². The Kier molecular flexibility index (Phi) is 6.61. The van der Waals surface area contributed by atoms with Crippen LogP contribution in [0, 0.1) is 20.8 Å². The number of imidazole rings is 1. The number of halogens is 1. The van der Waals surface area contributed by atoms with Crippen molar-refractivity contribution in [2.24, 2.45) is 0 Å². The molecule has 30 heavy (non-hydrogen) atoms. The summed E-state index contributed by atoms with van der Waals surface area (Å²) >= 11 is 0. The lowest BCUT2D eigenvalue weighted by Crippen LogP contribution is -2.16. The first-order chi connectivity index (χ1) is 14.0. The maximum Gasteiger partial charge on any atom is 0.164 e. The van der Waals surface area contributed by atoms with E-state index in [9.17, 15) is 0 Å². The number of aryl methyl sites for hydroxylation is 1. The van der Waals surface area contributed by atoms with E-state index in [0.717, 1.165) is 47.2 Å². The molecule has 3 aromatic rings. The van der Waals surface area contributed by atoms with Gasteiger partial charge in [0.15, 0.2) is 11.5 Å². The largest absolute Gasteiger partial charge is 0.496 e. The molecule has 8 heteroatoms. The third kappa shape index (κ3) is 3.99. The second-order valence-electron chi connectivity index (χ2n) is 7.57. The van der Waals surface area contributed by atoms with Gasteiger partial charge >= 0.3 is 0 Å². The van der Waals surface area contributed by atoms with Crippen LogP contribution >= 0.6 is 12.4 Å². The second-order valence-corrected chi connectivity index (χ2v) is 7.57. The predicted octanol–water partition coefficient (Wildman–Crippen LogP) is 4.52. The van der Waals surface area contributed by atoms with Crippen molar-refractivity contribution in [1.29, 1.82) is 0 Å². The first kappa shape index (κ1) is 22.0. The minimum atomic E-state index is 0. The molecule has 1 aliphatic rings. The highest BCUT2D eigenvalue weighted by molar-refractivity contribution is 5.85. The molecule has 0 radical (unpaired) electrons.